The third kappa shape index (κ3) is 5.60. The van der Waals surface area contributed by atoms with E-state index in [1.54, 1.807) is 23.7 Å². The zero-order chi connectivity index (χ0) is 24.2. The minimum Gasteiger partial charge on any atom is -0.496 e. The Morgan fingerprint density at radius 3 is 2.45 bits per heavy atom. The van der Waals surface area contributed by atoms with Crippen LogP contribution in [0.25, 0.3) is 12.2 Å². The molecule has 33 heavy (non-hydrogen) atoms. The van der Waals surface area contributed by atoms with Gasteiger partial charge < -0.3 is 15.2 Å². The number of halogens is 4. The number of anilines is 2. The quantitative estimate of drug-likeness (QED) is 0.110. The lowest BCUT2D eigenvalue weighted by molar-refractivity contribution is -0.138. The smallest absolute Gasteiger partial charge is 0.417 e. The highest BCUT2D eigenvalue weighted by molar-refractivity contribution is 5.93. The number of rotatable bonds is 6. The van der Waals surface area contributed by atoms with Crippen LogP contribution in [0.15, 0.2) is 54.6 Å². The molecule has 3 aromatic rings. The largest absolute Gasteiger partial charge is 0.496 e. The Morgan fingerprint density at radius 2 is 1.82 bits per heavy atom. The fourth-order valence-electron chi connectivity index (χ4n) is 2.94. The van der Waals surface area contributed by atoms with Gasteiger partial charge in [-0.15, -0.1) is 0 Å². The first-order valence-electron chi connectivity index (χ1n) is 9.37. The summed E-state index contributed by atoms with van der Waals surface area (Å²) in [5.74, 6) is -1.64. The van der Waals surface area contributed by atoms with E-state index < -0.39 is 29.1 Å². The van der Waals surface area contributed by atoms with Gasteiger partial charge in [-0.05, 0) is 48.0 Å². The highest BCUT2D eigenvalue weighted by Crippen LogP contribution is 2.34. The predicted octanol–water partition coefficient (Wildman–Crippen LogP) is 5.63. The lowest BCUT2D eigenvalue weighted by atomic mass is 10.1. The summed E-state index contributed by atoms with van der Waals surface area (Å²) in [7, 11) is 1.36. The second-order valence-electron chi connectivity index (χ2n) is 6.78. The molecule has 6 nitrogen and oxygen atoms in total. The van der Waals surface area contributed by atoms with Crippen molar-refractivity contribution in [2.45, 2.75) is 6.18 Å². The molecule has 0 radical (unpaired) electrons. The van der Waals surface area contributed by atoms with Crippen LogP contribution in [0, 0.1) is 5.82 Å². The summed E-state index contributed by atoms with van der Waals surface area (Å²) in [4.78, 5) is 12.4. The minimum absolute atomic E-state index is 0.0385. The van der Waals surface area contributed by atoms with Gasteiger partial charge in [0.15, 0.2) is 0 Å². The summed E-state index contributed by atoms with van der Waals surface area (Å²) in [6.07, 6.45) is -1.61. The van der Waals surface area contributed by atoms with Gasteiger partial charge in [0.2, 0.25) is 0 Å². The number of esters is 1. The van der Waals surface area contributed by atoms with E-state index >= 15 is 0 Å². The molecule has 0 unspecified atom stereocenters. The van der Waals surface area contributed by atoms with Gasteiger partial charge in [-0.25, -0.2) is 9.18 Å². The van der Waals surface area contributed by atoms with Crippen molar-refractivity contribution in [1.82, 2.24) is 0 Å². The number of alkyl halides is 3. The van der Waals surface area contributed by atoms with Crippen LogP contribution in [-0.2, 0) is 6.18 Å². The first kappa shape index (κ1) is 23.6. The fraction of sp³-hybridized carbons (Fsp3) is 0.0870. The summed E-state index contributed by atoms with van der Waals surface area (Å²) in [6, 6.07) is 11.1. The molecule has 4 N–H and O–H groups in total. The predicted molar refractivity (Wildman–Crippen MR) is 115 cm³/mol. The lowest BCUT2D eigenvalue weighted by Crippen LogP contribution is -2.17. The Morgan fingerprint density at radius 1 is 1.06 bits per heavy atom. The van der Waals surface area contributed by atoms with E-state index in [4.69, 9.17) is 20.4 Å². The second-order valence-corrected chi connectivity index (χ2v) is 6.78. The Balaban J connectivity index is 1.83. The summed E-state index contributed by atoms with van der Waals surface area (Å²) < 4.78 is 63.9. The van der Waals surface area contributed by atoms with Crippen molar-refractivity contribution in [3.63, 3.8) is 0 Å². The van der Waals surface area contributed by atoms with Crippen LogP contribution in [-0.4, -0.2) is 18.3 Å². The van der Waals surface area contributed by atoms with E-state index in [9.17, 15) is 22.4 Å². The van der Waals surface area contributed by atoms with Crippen molar-refractivity contribution in [3.05, 3.63) is 82.7 Å². The maximum atomic E-state index is 13.8. The van der Waals surface area contributed by atoms with Gasteiger partial charge in [0, 0.05) is 17.3 Å². The molecule has 3 rings (SSSR count). The fourth-order valence-corrected chi connectivity index (χ4v) is 2.94. The molecule has 0 saturated carbocycles. The molecule has 0 fully saturated rings. The first-order valence-corrected chi connectivity index (χ1v) is 9.37. The maximum absolute atomic E-state index is 13.8. The average molecular weight is 462 g/mol. The van der Waals surface area contributed by atoms with Crippen LogP contribution >= 0.6 is 0 Å². The van der Waals surface area contributed by atoms with Gasteiger partial charge in [-0.3, -0.25) is 10.7 Å². The zero-order valence-corrected chi connectivity index (χ0v) is 17.1. The van der Waals surface area contributed by atoms with Gasteiger partial charge in [-0.2, -0.15) is 13.2 Å². The van der Waals surface area contributed by atoms with Gasteiger partial charge >= 0.3 is 12.1 Å². The highest BCUT2D eigenvalue weighted by atomic mass is 19.4. The molecule has 172 valence electrons. The summed E-state index contributed by atoms with van der Waals surface area (Å²) in [5.41, 5.74) is 6.08. The molecule has 0 atom stereocenters. The minimum atomic E-state index is -4.79. The van der Waals surface area contributed by atoms with Crippen molar-refractivity contribution in [2.75, 3.05) is 18.3 Å². The van der Waals surface area contributed by atoms with Crippen LogP contribution in [0.1, 0.15) is 27.0 Å². The van der Waals surface area contributed by atoms with E-state index in [2.05, 4.69) is 0 Å². The summed E-state index contributed by atoms with van der Waals surface area (Å²) in [6.45, 7) is 0. The van der Waals surface area contributed by atoms with E-state index in [0.29, 0.717) is 17.2 Å². The molecule has 0 aromatic heterocycles. The second kappa shape index (κ2) is 9.61. The number of nitrogens with two attached hydrogens (primary N) is 1. The number of nitrogens with one attached hydrogen (secondary N) is 1. The van der Waals surface area contributed by atoms with Crippen molar-refractivity contribution < 1.29 is 37.0 Å². The average Bonchev–Trinajstić information content (AvgIpc) is 2.77. The van der Waals surface area contributed by atoms with Crippen LogP contribution in [0.4, 0.5) is 28.9 Å². The zero-order valence-electron chi connectivity index (χ0n) is 17.1. The molecule has 3 aromatic carbocycles. The number of carbonyl (C=O) groups is 1. The molecule has 0 aliphatic heterocycles. The number of methoxy groups -OCH3 is 1. The van der Waals surface area contributed by atoms with Crippen molar-refractivity contribution in [3.8, 4) is 11.5 Å². The SMILES string of the molecule is COc1cc(OC(=O)c2ccc(N)cc2C(F)(F)F)ccc1/C=C/c1ccc(NO)c(F)c1. The molecule has 0 amide bonds. The number of benzene rings is 3. The maximum Gasteiger partial charge on any atom is 0.417 e. The molecule has 0 spiro atoms. The van der Waals surface area contributed by atoms with Crippen LogP contribution in [0.3, 0.4) is 0 Å². The number of nitrogen functional groups attached to an aromatic ring is 1. The van der Waals surface area contributed by atoms with E-state index in [1.807, 2.05) is 0 Å². The number of carbonyl (C=O) groups excluding carboxylic acids is 1. The summed E-state index contributed by atoms with van der Waals surface area (Å²) >= 11 is 0. The van der Waals surface area contributed by atoms with Crippen molar-refractivity contribution in [1.29, 1.82) is 0 Å². The van der Waals surface area contributed by atoms with Gasteiger partial charge in [0.25, 0.3) is 0 Å². The monoisotopic (exact) mass is 462 g/mol. The molecular weight excluding hydrogens is 444 g/mol. The Bertz CT molecular complexity index is 1210. The molecule has 0 bridgehead atoms. The normalized spacial score (nSPS) is 11.5. The Kier molecular flexibility index (Phi) is 6.88. The van der Waals surface area contributed by atoms with Gasteiger partial charge in [0.1, 0.15) is 17.3 Å². The standard InChI is InChI=1S/C23H18F4N2O4/c1-32-21-12-16(33-22(30)17-8-6-15(28)11-18(17)23(25,26)27)7-5-14(21)4-2-13-3-9-20(29-31)19(24)10-13/h2-12,29,31H,28H2,1H3/b4-2+. The Labute approximate surface area is 185 Å². The molecule has 0 aliphatic carbocycles. The molecule has 0 saturated heterocycles. The van der Waals surface area contributed by atoms with Crippen molar-refractivity contribution >= 4 is 29.5 Å². The Hall–Kier alpha value is -4.05. The molecule has 10 heteroatoms. The first-order chi connectivity index (χ1) is 15.6. The highest BCUT2D eigenvalue weighted by Gasteiger charge is 2.36. The van der Waals surface area contributed by atoms with Crippen LogP contribution in [0.5, 0.6) is 11.5 Å². The number of hydrogen-bond donors (Lipinski definition) is 3. The van der Waals surface area contributed by atoms with Crippen molar-refractivity contribution in [2.24, 2.45) is 0 Å². The molecular formula is C23H18F4N2O4. The molecule has 0 aliphatic rings. The van der Waals surface area contributed by atoms with Gasteiger partial charge in [-0.1, -0.05) is 18.2 Å². The van der Waals surface area contributed by atoms with Crippen LogP contribution in [0.2, 0.25) is 0 Å². The van der Waals surface area contributed by atoms with E-state index in [-0.39, 0.29) is 22.9 Å². The topological polar surface area (TPSA) is 93.8 Å². The van der Waals surface area contributed by atoms with E-state index in [1.165, 1.54) is 43.5 Å². The van der Waals surface area contributed by atoms with Gasteiger partial charge in [0.05, 0.1) is 23.9 Å². The summed E-state index contributed by atoms with van der Waals surface area (Å²) in [5, 5.41) is 8.79. The third-order valence-corrected chi connectivity index (χ3v) is 4.55. The number of hydrogen-bond acceptors (Lipinski definition) is 6. The molecule has 0 heterocycles. The lowest BCUT2D eigenvalue weighted by Gasteiger charge is -2.13. The van der Waals surface area contributed by atoms with Crippen LogP contribution < -0.4 is 20.7 Å². The third-order valence-electron chi connectivity index (χ3n) is 4.55. The number of ether oxygens (including phenoxy) is 2. The van der Waals surface area contributed by atoms with E-state index in [0.717, 1.165) is 6.07 Å².